The number of likely N-dealkylation sites (tertiary alicyclic amines) is 1. The largest absolute Gasteiger partial charge is 0.353 e. The molecule has 0 radical (unpaired) electrons. The van der Waals surface area contributed by atoms with Crippen molar-refractivity contribution in [2.24, 2.45) is 0 Å². The minimum absolute atomic E-state index is 0.0568. The Kier molecular flexibility index (Phi) is 6.84. The minimum atomic E-state index is -0.335. The van der Waals surface area contributed by atoms with Gasteiger partial charge >= 0.3 is 0 Å². The third-order valence-corrected chi connectivity index (χ3v) is 3.34. The van der Waals surface area contributed by atoms with Gasteiger partial charge in [0.05, 0.1) is 12.6 Å². The van der Waals surface area contributed by atoms with Crippen LogP contribution in [-0.4, -0.2) is 48.4 Å². The van der Waals surface area contributed by atoms with Gasteiger partial charge in [0.25, 0.3) is 0 Å². The molecule has 110 valence electrons. The zero-order valence-corrected chi connectivity index (χ0v) is 12.4. The van der Waals surface area contributed by atoms with Crippen molar-refractivity contribution in [1.29, 1.82) is 0 Å². The average molecular weight is 269 g/mol. The molecular formula is C14H27N3O2. The molecule has 5 heteroatoms. The highest BCUT2D eigenvalue weighted by molar-refractivity contribution is 5.83. The monoisotopic (exact) mass is 269 g/mol. The highest BCUT2D eigenvalue weighted by Crippen LogP contribution is 2.09. The number of carbonyl (C=O) groups excluding carboxylic acids is 2. The Bertz CT molecular complexity index is 297. The molecule has 5 nitrogen and oxygen atoms in total. The summed E-state index contributed by atoms with van der Waals surface area (Å²) >= 11 is 0. The van der Waals surface area contributed by atoms with Gasteiger partial charge in [-0.25, -0.2) is 0 Å². The number of carbonyl (C=O) groups is 2. The first kappa shape index (κ1) is 16.0. The van der Waals surface area contributed by atoms with Crippen LogP contribution in [0.25, 0.3) is 0 Å². The van der Waals surface area contributed by atoms with Crippen LogP contribution in [0.2, 0.25) is 0 Å². The van der Waals surface area contributed by atoms with Gasteiger partial charge in [-0.3, -0.25) is 14.9 Å². The fourth-order valence-electron chi connectivity index (χ4n) is 2.17. The summed E-state index contributed by atoms with van der Waals surface area (Å²) in [5.41, 5.74) is 0. The molecule has 0 aromatic rings. The Balaban J connectivity index is 2.30. The van der Waals surface area contributed by atoms with Crippen LogP contribution >= 0.6 is 0 Å². The molecule has 1 unspecified atom stereocenters. The van der Waals surface area contributed by atoms with Crippen LogP contribution in [0.3, 0.4) is 0 Å². The smallest absolute Gasteiger partial charge is 0.237 e. The lowest BCUT2D eigenvalue weighted by atomic mass is 10.2. The molecule has 1 rings (SSSR count). The van der Waals surface area contributed by atoms with Gasteiger partial charge in [0.1, 0.15) is 0 Å². The Hall–Kier alpha value is -1.10. The zero-order valence-electron chi connectivity index (χ0n) is 12.4. The van der Waals surface area contributed by atoms with Crippen LogP contribution in [0.15, 0.2) is 0 Å². The maximum Gasteiger partial charge on any atom is 0.237 e. The summed E-state index contributed by atoms with van der Waals surface area (Å²) < 4.78 is 0. The highest BCUT2D eigenvalue weighted by Gasteiger charge is 2.18. The number of amides is 2. The molecule has 0 aromatic heterocycles. The lowest BCUT2D eigenvalue weighted by Crippen LogP contribution is -2.48. The van der Waals surface area contributed by atoms with E-state index < -0.39 is 0 Å². The van der Waals surface area contributed by atoms with E-state index >= 15 is 0 Å². The Labute approximate surface area is 116 Å². The highest BCUT2D eigenvalue weighted by atomic mass is 16.2. The molecule has 1 aliphatic rings. The van der Waals surface area contributed by atoms with Crippen LogP contribution in [0.5, 0.6) is 0 Å². The summed E-state index contributed by atoms with van der Waals surface area (Å²) in [5.74, 6) is 0.0461. The predicted octanol–water partition coefficient (Wildman–Crippen LogP) is 0.892. The van der Waals surface area contributed by atoms with E-state index in [9.17, 15) is 9.59 Å². The summed E-state index contributed by atoms with van der Waals surface area (Å²) in [6, 6.07) is -0.212. The van der Waals surface area contributed by atoms with Crippen molar-refractivity contribution in [3.8, 4) is 0 Å². The predicted molar refractivity (Wildman–Crippen MR) is 75.8 cm³/mol. The first-order valence-electron chi connectivity index (χ1n) is 7.32. The molecule has 1 atom stereocenters. The number of hydrogen-bond acceptors (Lipinski definition) is 3. The van der Waals surface area contributed by atoms with Crippen molar-refractivity contribution < 1.29 is 9.59 Å². The Morgan fingerprint density at radius 2 is 1.63 bits per heavy atom. The van der Waals surface area contributed by atoms with Crippen LogP contribution in [0.4, 0.5) is 0 Å². The lowest BCUT2D eigenvalue weighted by Gasteiger charge is -2.22. The number of hydrogen-bond donors (Lipinski definition) is 2. The molecule has 2 amide bonds. The molecule has 0 aliphatic carbocycles. The van der Waals surface area contributed by atoms with Gasteiger partial charge in [-0.2, -0.15) is 0 Å². The third-order valence-electron chi connectivity index (χ3n) is 3.34. The van der Waals surface area contributed by atoms with Gasteiger partial charge in [-0.15, -0.1) is 0 Å². The minimum Gasteiger partial charge on any atom is -0.353 e. The number of nitrogens with one attached hydrogen (secondary N) is 2. The van der Waals surface area contributed by atoms with Gasteiger partial charge in [0.2, 0.25) is 11.8 Å². The second-order valence-electron chi connectivity index (χ2n) is 5.56. The Morgan fingerprint density at radius 1 is 1.05 bits per heavy atom. The fourth-order valence-corrected chi connectivity index (χ4v) is 2.17. The molecule has 19 heavy (non-hydrogen) atoms. The molecule has 0 spiro atoms. The lowest BCUT2D eigenvalue weighted by molar-refractivity contribution is -0.130. The molecule has 1 fully saturated rings. The van der Waals surface area contributed by atoms with Crippen molar-refractivity contribution in [2.45, 2.75) is 58.5 Å². The van der Waals surface area contributed by atoms with Crippen LogP contribution in [-0.2, 0) is 9.59 Å². The first-order valence-corrected chi connectivity index (χ1v) is 7.32. The second kappa shape index (κ2) is 8.15. The van der Waals surface area contributed by atoms with Crippen LogP contribution in [0.1, 0.15) is 46.5 Å². The summed E-state index contributed by atoms with van der Waals surface area (Å²) in [6.07, 6.45) is 4.61. The normalized spacial score (nSPS) is 18.0. The summed E-state index contributed by atoms with van der Waals surface area (Å²) in [6.45, 7) is 7.58. The molecule has 0 aromatic carbocycles. The summed E-state index contributed by atoms with van der Waals surface area (Å²) in [5, 5.41) is 5.83. The van der Waals surface area contributed by atoms with E-state index in [1.165, 1.54) is 12.8 Å². The molecule has 1 heterocycles. The van der Waals surface area contributed by atoms with E-state index in [1.807, 2.05) is 18.7 Å². The average Bonchev–Trinajstić information content (AvgIpc) is 2.63. The topological polar surface area (TPSA) is 61.4 Å². The van der Waals surface area contributed by atoms with Gasteiger partial charge in [-0.1, -0.05) is 12.8 Å². The van der Waals surface area contributed by atoms with Gasteiger partial charge in [0.15, 0.2) is 0 Å². The van der Waals surface area contributed by atoms with Crippen molar-refractivity contribution in [2.75, 3.05) is 19.6 Å². The second-order valence-corrected chi connectivity index (χ2v) is 5.56. The van der Waals surface area contributed by atoms with Crippen molar-refractivity contribution in [3.63, 3.8) is 0 Å². The van der Waals surface area contributed by atoms with E-state index in [2.05, 4.69) is 10.6 Å². The third kappa shape index (κ3) is 6.05. The van der Waals surface area contributed by atoms with Crippen LogP contribution < -0.4 is 10.6 Å². The zero-order chi connectivity index (χ0) is 14.3. The van der Waals surface area contributed by atoms with Gasteiger partial charge in [-0.05, 0) is 33.6 Å². The van der Waals surface area contributed by atoms with E-state index in [0.29, 0.717) is 0 Å². The maximum absolute atomic E-state index is 12.0. The molecule has 0 bridgehead atoms. The van der Waals surface area contributed by atoms with E-state index in [0.717, 1.165) is 25.9 Å². The van der Waals surface area contributed by atoms with E-state index in [-0.39, 0.29) is 30.4 Å². The van der Waals surface area contributed by atoms with Gasteiger partial charge < -0.3 is 10.2 Å². The quantitative estimate of drug-likeness (QED) is 0.779. The van der Waals surface area contributed by atoms with Crippen molar-refractivity contribution in [3.05, 3.63) is 0 Å². The molecule has 1 aliphatic heterocycles. The number of rotatable bonds is 5. The fraction of sp³-hybridized carbons (Fsp3) is 0.857. The van der Waals surface area contributed by atoms with Gasteiger partial charge in [0, 0.05) is 19.1 Å². The standard InChI is InChI=1S/C14H27N3O2/c1-11(2)16-14(19)12(3)15-10-13(18)17-8-6-4-5-7-9-17/h11-12,15H,4-10H2,1-3H3,(H,16,19). The van der Waals surface area contributed by atoms with E-state index in [4.69, 9.17) is 0 Å². The molecule has 2 N–H and O–H groups in total. The molecule has 0 saturated carbocycles. The summed E-state index contributed by atoms with van der Waals surface area (Å²) in [7, 11) is 0. The maximum atomic E-state index is 12.0. The van der Waals surface area contributed by atoms with Crippen molar-refractivity contribution in [1.82, 2.24) is 15.5 Å². The first-order chi connectivity index (χ1) is 9.00. The SMILES string of the molecule is CC(C)NC(=O)C(C)NCC(=O)N1CCCCCC1. The van der Waals surface area contributed by atoms with E-state index in [1.54, 1.807) is 6.92 Å². The molecular weight excluding hydrogens is 242 g/mol. The number of nitrogens with zero attached hydrogens (tertiary/aromatic N) is 1. The summed E-state index contributed by atoms with van der Waals surface area (Å²) in [4.78, 5) is 25.6. The molecule has 1 saturated heterocycles. The Morgan fingerprint density at radius 3 is 2.16 bits per heavy atom. The van der Waals surface area contributed by atoms with Crippen molar-refractivity contribution >= 4 is 11.8 Å². The van der Waals surface area contributed by atoms with Crippen LogP contribution in [0, 0.1) is 0 Å².